The fourth-order valence-electron chi connectivity index (χ4n) is 1.19. The molecular formula is C9H18N2O3. The molecule has 0 spiro atoms. The fourth-order valence-corrected chi connectivity index (χ4v) is 1.19. The van der Waals surface area contributed by atoms with E-state index in [-0.39, 0.29) is 24.9 Å². The smallest absolute Gasteiger partial charge is 0.322 e. The van der Waals surface area contributed by atoms with Gasteiger partial charge in [0.05, 0.1) is 5.92 Å². The predicted octanol–water partition coefficient (Wildman–Crippen LogP) is -0.192. The van der Waals surface area contributed by atoms with E-state index in [4.69, 9.17) is 10.8 Å². The molecule has 0 aromatic rings. The van der Waals surface area contributed by atoms with Gasteiger partial charge >= 0.3 is 5.97 Å². The molecule has 82 valence electrons. The molecule has 0 heterocycles. The van der Waals surface area contributed by atoms with Gasteiger partial charge in [-0.1, -0.05) is 13.8 Å². The van der Waals surface area contributed by atoms with Gasteiger partial charge in [0.25, 0.3) is 0 Å². The lowest BCUT2D eigenvalue weighted by Gasteiger charge is -2.15. The van der Waals surface area contributed by atoms with Crippen molar-refractivity contribution in [3.8, 4) is 0 Å². The highest BCUT2D eigenvalue weighted by molar-refractivity contribution is 5.83. The second-order valence-corrected chi connectivity index (χ2v) is 3.67. The van der Waals surface area contributed by atoms with Gasteiger partial charge in [-0.2, -0.15) is 0 Å². The Balaban J connectivity index is 3.97. The lowest BCUT2D eigenvalue weighted by Crippen LogP contribution is -2.38. The molecule has 0 aromatic carbocycles. The van der Waals surface area contributed by atoms with Crippen LogP contribution in [0.2, 0.25) is 0 Å². The number of hydrogen-bond donors (Lipinski definition) is 3. The Morgan fingerprint density at radius 1 is 1.43 bits per heavy atom. The maximum absolute atomic E-state index is 11.4. The Labute approximate surface area is 83.7 Å². The molecule has 0 aliphatic carbocycles. The maximum atomic E-state index is 11.4. The van der Waals surface area contributed by atoms with E-state index in [1.807, 2.05) is 13.8 Å². The summed E-state index contributed by atoms with van der Waals surface area (Å²) in [5.41, 5.74) is 5.42. The first-order chi connectivity index (χ1) is 6.47. The summed E-state index contributed by atoms with van der Waals surface area (Å²) in [7, 11) is 0. The van der Waals surface area contributed by atoms with Gasteiger partial charge in [0, 0.05) is 6.54 Å². The van der Waals surface area contributed by atoms with Crippen LogP contribution in [-0.2, 0) is 9.59 Å². The van der Waals surface area contributed by atoms with Crippen molar-refractivity contribution >= 4 is 11.9 Å². The van der Waals surface area contributed by atoms with E-state index in [1.165, 1.54) is 0 Å². The third kappa shape index (κ3) is 5.53. The second kappa shape index (κ2) is 6.37. The van der Waals surface area contributed by atoms with Gasteiger partial charge in [0.2, 0.25) is 5.91 Å². The van der Waals surface area contributed by atoms with E-state index < -0.39 is 5.97 Å². The average molecular weight is 202 g/mol. The predicted molar refractivity (Wildman–Crippen MR) is 52.6 cm³/mol. The number of carbonyl (C=O) groups is 2. The van der Waals surface area contributed by atoms with Gasteiger partial charge in [-0.15, -0.1) is 0 Å². The first-order valence-electron chi connectivity index (χ1n) is 4.67. The summed E-state index contributed by atoms with van der Waals surface area (Å²) in [5.74, 6) is -1.23. The summed E-state index contributed by atoms with van der Waals surface area (Å²) in [6, 6.07) is 0. The highest BCUT2D eigenvalue weighted by Gasteiger charge is 2.18. The van der Waals surface area contributed by atoms with Crippen LogP contribution >= 0.6 is 0 Å². The molecule has 1 unspecified atom stereocenters. The van der Waals surface area contributed by atoms with Crippen molar-refractivity contribution in [1.82, 2.24) is 5.32 Å². The van der Waals surface area contributed by atoms with E-state index in [2.05, 4.69) is 5.32 Å². The van der Waals surface area contributed by atoms with Crippen LogP contribution < -0.4 is 11.1 Å². The molecule has 14 heavy (non-hydrogen) atoms. The Morgan fingerprint density at radius 2 is 2.00 bits per heavy atom. The SMILES string of the molecule is CC(C)CC(CN)C(=O)NCC(=O)O. The summed E-state index contributed by atoms with van der Waals surface area (Å²) in [6.45, 7) is 3.90. The topological polar surface area (TPSA) is 92.4 Å². The minimum absolute atomic E-state index is 0.254. The number of hydrogen-bond acceptors (Lipinski definition) is 3. The van der Waals surface area contributed by atoms with Crippen molar-refractivity contribution in [2.45, 2.75) is 20.3 Å². The number of carboxylic acid groups (broad SMARTS) is 1. The van der Waals surface area contributed by atoms with Gasteiger partial charge in [-0.05, 0) is 12.3 Å². The molecule has 0 saturated carbocycles. The molecule has 0 saturated heterocycles. The van der Waals surface area contributed by atoms with E-state index in [0.29, 0.717) is 12.3 Å². The van der Waals surface area contributed by atoms with Gasteiger partial charge in [0.15, 0.2) is 0 Å². The third-order valence-corrected chi connectivity index (χ3v) is 1.83. The molecule has 1 amide bonds. The van der Waals surface area contributed by atoms with E-state index in [9.17, 15) is 9.59 Å². The summed E-state index contributed by atoms with van der Waals surface area (Å²) in [5, 5.41) is 10.7. The highest BCUT2D eigenvalue weighted by Crippen LogP contribution is 2.10. The molecule has 0 aliphatic rings. The standard InChI is InChI=1S/C9H18N2O3/c1-6(2)3-7(4-10)9(14)11-5-8(12)13/h6-7H,3-5,10H2,1-2H3,(H,11,14)(H,12,13). The Hall–Kier alpha value is -1.10. The molecule has 5 heteroatoms. The first kappa shape index (κ1) is 12.9. The van der Waals surface area contributed by atoms with Crippen molar-refractivity contribution < 1.29 is 14.7 Å². The molecule has 0 radical (unpaired) electrons. The Kier molecular flexibility index (Phi) is 5.87. The van der Waals surface area contributed by atoms with Crippen molar-refractivity contribution in [2.24, 2.45) is 17.6 Å². The van der Waals surface area contributed by atoms with Crippen molar-refractivity contribution in [2.75, 3.05) is 13.1 Å². The lowest BCUT2D eigenvalue weighted by molar-refractivity contribution is -0.138. The highest BCUT2D eigenvalue weighted by atomic mass is 16.4. The number of amides is 1. The minimum atomic E-state index is -1.04. The van der Waals surface area contributed by atoms with Crippen LogP contribution in [0, 0.1) is 11.8 Å². The van der Waals surface area contributed by atoms with Crippen LogP contribution in [-0.4, -0.2) is 30.1 Å². The largest absolute Gasteiger partial charge is 0.480 e. The summed E-state index contributed by atoms with van der Waals surface area (Å²) in [6.07, 6.45) is 0.682. The van der Waals surface area contributed by atoms with Crippen LogP contribution in [0.1, 0.15) is 20.3 Å². The van der Waals surface area contributed by atoms with Gasteiger partial charge in [-0.25, -0.2) is 0 Å². The molecule has 0 aliphatic heterocycles. The lowest BCUT2D eigenvalue weighted by atomic mass is 9.96. The Bertz CT molecular complexity index is 204. The van der Waals surface area contributed by atoms with Crippen LogP contribution in [0.3, 0.4) is 0 Å². The zero-order valence-electron chi connectivity index (χ0n) is 8.62. The number of carbonyl (C=O) groups excluding carboxylic acids is 1. The number of carboxylic acids is 1. The average Bonchev–Trinajstić information content (AvgIpc) is 2.09. The van der Waals surface area contributed by atoms with Gasteiger partial charge in [-0.3, -0.25) is 9.59 Å². The van der Waals surface area contributed by atoms with E-state index in [1.54, 1.807) is 0 Å². The molecule has 0 fully saturated rings. The molecule has 0 aromatic heterocycles. The zero-order valence-corrected chi connectivity index (χ0v) is 8.62. The number of nitrogens with one attached hydrogen (secondary N) is 1. The summed E-state index contributed by atoms with van der Waals surface area (Å²) in [4.78, 5) is 21.6. The van der Waals surface area contributed by atoms with Crippen LogP contribution in [0.4, 0.5) is 0 Å². The van der Waals surface area contributed by atoms with Gasteiger partial charge in [0.1, 0.15) is 6.54 Å². The van der Waals surface area contributed by atoms with Crippen molar-refractivity contribution in [3.05, 3.63) is 0 Å². The Morgan fingerprint density at radius 3 is 2.36 bits per heavy atom. The number of aliphatic carboxylic acids is 1. The van der Waals surface area contributed by atoms with E-state index >= 15 is 0 Å². The van der Waals surface area contributed by atoms with Crippen molar-refractivity contribution in [1.29, 1.82) is 0 Å². The van der Waals surface area contributed by atoms with Crippen LogP contribution in [0.25, 0.3) is 0 Å². The number of rotatable bonds is 6. The monoisotopic (exact) mass is 202 g/mol. The maximum Gasteiger partial charge on any atom is 0.322 e. The molecule has 5 nitrogen and oxygen atoms in total. The molecular weight excluding hydrogens is 184 g/mol. The minimum Gasteiger partial charge on any atom is -0.480 e. The van der Waals surface area contributed by atoms with Crippen LogP contribution in [0.15, 0.2) is 0 Å². The molecule has 4 N–H and O–H groups in total. The summed E-state index contributed by atoms with van der Waals surface area (Å²) >= 11 is 0. The molecule has 0 bridgehead atoms. The zero-order chi connectivity index (χ0) is 11.1. The van der Waals surface area contributed by atoms with E-state index in [0.717, 1.165) is 0 Å². The third-order valence-electron chi connectivity index (χ3n) is 1.83. The summed E-state index contributed by atoms with van der Waals surface area (Å²) < 4.78 is 0. The molecule has 0 rings (SSSR count). The van der Waals surface area contributed by atoms with Crippen molar-refractivity contribution in [3.63, 3.8) is 0 Å². The first-order valence-corrected chi connectivity index (χ1v) is 4.67. The van der Waals surface area contributed by atoms with Gasteiger partial charge < -0.3 is 16.2 Å². The second-order valence-electron chi connectivity index (χ2n) is 3.67. The number of nitrogens with two attached hydrogens (primary N) is 1. The fraction of sp³-hybridized carbons (Fsp3) is 0.778. The normalized spacial score (nSPS) is 12.6. The van der Waals surface area contributed by atoms with Crippen LogP contribution in [0.5, 0.6) is 0 Å². The quantitative estimate of drug-likeness (QED) is 0.556. The molecule has 1 atom stereocenters.